The molecule has 3 aromatic rings. The van der Waals surface area contributed by atoms with Gasteiger partial charge in [0.25, 0.3) is 0 Å². The van der Waals surface area contributed by atoms with E-state index in [1.165, 1.54) is 12.1 Å². The number of halogens is 2. The summed E-state index contributed by atoms with van der Waals surface area (Å²) in [5.41, 5.74) is 2.32. The summed E-state index contributed by atoms with van der Waals surface area (Å²) in [7, 11) is 0. The molecule has 0 unspecified atom stereocenters. The molecular formula is C19H19ClFN5. The van der Waals surface area contributed by atoms with E-state index in [4.69, 9.17) is 11.6 Å². The molecule has 1 atom stereocenters. The Balaban J connectivity index is 1.97. The topological polar surface area (TPSA) is 62.7 Å². The number of nitrogens with zero attached hydrogens (tertiary/aromatic N) is 3. The molecule has 0 fully saturated rings. The van der Waals surface area contributed by atoms with E-state index >= 15 is 0 Å². The maximum absolute atomic E-state index is 13.4. The third-order valence-electron chi connectivity index (χ3n) is 3.88. The first-order valence-electron chi connectivity index (χ1n) is 8.33. The Morgan fingerprint density at radius 2 is 1.88 bits per heavy atom. The van der Waals surface area contributed by atoms with E-state index in [0.29, 0.717) is 17.5 Å². The third kappa shape index (κ3) is 4.46. The van der Waals surface area contributed by atoms with Crippen LogP contribution in [0, 0.1) is 5.82 Å². The van der Waals surface area contributed by atoms with E-state index in [-0.39, 0.29) is 11.1 Å². The quantitative estimate of drug-likeness (QED) is 0.616. The number of hydrogen-bond acceptors (Lipinski definition) is 5. The fourth-order valence-electron chi connectivity index (χ4n) is 2.29. The van der Waals surface area contributed by atoms with Crippen LogP contribution >= 0.6 is 11.6 Å². The molecule has 3 rings (SSSR count). The Kier molecular flexibility index (Phi) is 5.63. The highest BCUT2D eigenvalue weighted by Crippen LogP contribution is 2.26. The summed E-state index contributed by atoms with van der Waals surface area (Å²) < 4.78 is 13.4. The number of rotatable bonds is 6. The molecule has 2 aromatic heterocycles. The minimum atomic E-state index is -0.462. The molecule has 0 aliphatic carbocycles. The van der Waals surface area contributed by atoms with Gasteiger partial charge in [0.05, 0.1) is 10.7 Å². The maximum Gasteiger partial charge on any atom is 0.225 e. The zero-order chi connectivity index (χ0) is 18.5. The monoisotopic (exact) mass is 371 g/mol. The van der Waals surface area contributed by atoms with Gasteiger partial charge in [0.1, 0.15) is 11.6 Å². The van der Waals surface area contributed by atoms with Gasteiger partial charge in [-0.1, -0.05) is 18.5 Å². The second kappa shape index (κ2) is 8.10. The fourth-order valence-corrected chi connectivity index (χ4v) is 2.47. The molecular weight excluding hydrogens is 353 g/mol. The molecule has 134 valence electrons. The molecule has 0 radical (unpaired) electrons. The molecule has 1 aromatic carbocycles. The largest absolute Gasteiger partial charge is 0.352 e. The molecule has 2 heterocycles. The van der Waals surface area contributed by atoms with E-state index in [0.717, 1.165) is 17.7 Å². The van der Waals surface area contributed by atoms with Gasteiger partial charge in [0.2, 0.25) is 5.95 Å². The van der Waals surface area contributed by atoms with Gasteiger partial charge in [-0.3, -0.25) is 4.98 Å². The van der Waals surface area contributed by atoms with Gasteiger partial charge in [-0.25, -0.2) is 9.37 Å². The number of aromatic nitrogens is 3. The van der Waals surface area contributed by atoms with E-state index in [1.807, 2.05) is 18.2 Å². The smallest absolute Gasteiger partial charge is 0.225 e. The zero-order valence-electron chi connectivity index (χ0n) is 14.5. The van der Waals surface area contributed by atoms with Crippen molar-refractivity contribution >= 4 is 29.1 Å². The van der Waals surface area contributed by atoms with Crippen molar-refractivity contribution in [1.82, 2.24) is 15.0 Å². The molecule has 26 heavy (non-hydrogen) atoms. The zero-order valence-corrected chi connectivity index (χ0v) is 15.3. The van der Waals surface area contributed by atoms with Crippen molar-refractivity contribution < 1.29 is 4.39 Å². The lowest BCUT2D eigenvalue weighted by Crippen LogP contribution is -2.16. The average Bonchev–Trinajstić information content (AvgIpc) is 2.65. The minimum Gasteiger partial charge on any atom is -0.352 e. The number of hydrogen-bond donors (Lipinski definition) is 2. The van der Waals surface area contributed by atoms with Crippen LogP contribution < -0.4 is 10.6 Å². The van der Waals surface area contributed by atoms with Crippen molar-refractivity contribution in [3.63, 3.8) is 0 Å². The lowest BCUT2D eigenvalue weighted by molar-refractivity contribution is 0.628. The third-order valence-corrected chi connectivity index (χ3v) is 4.17. The number of benzene rings is 1. The summed E-state index contributed by atoms with van der Waals surface area (Å²) in [6.07, 6.45) is 4.37. The molecule has 0 amide bonds. The van der Waals surface area contributed by atoms with Crippen LogP contribution in [-0.2, 0) is 0 Å². The van der Waals surface area contributed by atoms with Crippen molar-refractivity contribution in [3.05, 3.63) is 59.6 Å². The van der Waals surface area contributed by atoms with Crippen molar-refractivity contribution in [1.29, 1.82) is 0 Å². The van der Waals surface area contributed by atoms with E-state index in [9.17, 15) is 4.39 Å². The van der Waals surface area contributed by atoms with Gasteiger partial charge >= 0.3 is 0 Å². The van der Waals surface area contributed by atoms with E-state index < -0.39 is 5.82 Å². The van der Waals surface area contributed by atoms with Crippen molar-refractivity contribution in [2.75, 3.05) is 10.6 Å². The predicted octanol–water partition coefficient (Wildman–Crippen LogP) is 5.29. The molecule has 0 aliphatic rings. The first-order valence-corrected chi connectivity index (χ1v) is 8.71. The highest BCUT2D eigenvalue weighted by atomic mass is 35.5. The molecule has 7 heteroatoms. The Morgan fingerprint density at radius 1 is 1.12 bits per heavy atom. The van der Waals surface area contributed by atoms with Crippen LogP contribution in [0.1, 0.15) is 20.3 Å². The molecule has 2 N–H and O–H groups in total. The molecule has 5 nitrogen and oxygen atoms in total. The second-order valence-corrected chi connectivity index (χ2v) is 6.31. The van der Waals surface area contributed by atoms with Gasteiger partial charge in [0.15, 0.2) is 0 Å². The molecule has 0 bridgehead atoms. The summed E-state index contributed by atoms with van der Waals surface area (Å²) in [4.78, 5) is 13.1. The lowest BCUT2D eigenvalue weighted by atomic mass is 10.2. The van der Waals surface area contributed by atoms with Crippen LogP contribution in [0.25, 0.3) is 11.3 Å². The number of anilines is 3. The van der Waals surface area contributed by atoms with Crippen LogP contribution in [0.5, 0.6) is 0 Å². The summed E-state index contributed by atoms with van der Waals surface area (Å²) in [5.74, 6) is 0.640. The van der Waals surface area contributed by atoms with Crippen LogP contribution in [0.4, 0.5) is 21.8 Å². The lowest BCUT2D eigenvalue weighted by Gasteiger charge is -2.14. The maximum atomic E-state index is 13.4. The Labute approximate surface area is 156 Å². The number of nitrogens with one attached hydrogen (secondary N) is 2. The van der Waals surface area contributed by atoms with Crippen molar-refractivity contribution in [2.45, 2.75) is 26.3 Å². The Hall–Kier alpha value is -2.73. The van der Waals surface area contributed by atoms with E-state index in [2.05, 4.69) is 39.4 Å². The summed E-state index contributed by atoms with van der Waals surface area (Å²) in [6.45, 7) is 4.15. The summed E-state index contributed by atoms with van der Waals surface area (Å²) >= 11 is 5.86. The highest BCUT2D eigenvalue weighted by molar-refractivity contribution is 6.31. The van der Waals surface area contributed by atoms with Crippen LogP contribution in [-0.4, -0.2) is 21.0 Å². The van der Waals surface area contributed by atoms with Gasteiger partial charge in [0, 0.05) is 35.8 Å². The van der Waals surface area contributed by atoms with Crippen molar-refractivity contribution in [3.8, 4) is 11.3 Å². The molecule has 0 aliphatic heterocycles. The summed E-state index contributed by atoms with van der Waals surface area (Å²) in [6, 6.07) is 10.3. The fraction of sp³-hybridized carbons (Fsp3) is 0.211. The van der Waals surface area contributed by atoms with Crippen molar-refractivity contribution in [2.24, 2.45) is 0 Å². The van der Waals surface area contributed by atoms with Crippen LogP contribution in [0.2, 0.25) is 5.02 Å². The first kappa shape index (κ1) is 18.1. The normalized spacial score (nSPS) is 11.8. The molecule has 0 saturated heterocycles. The average molecular weight is 372 g/mol. The van der Waals surface area contributed by atoms with Gasteiger partial charge < -0.3 is 10.6 Å². The predicted molar refractivity (Wildman–Crippen MR) is 103 cm³/mol. The Bertz CT molecular complexity index is 888. The molecule has 0 spiro atoms. The standard InChI is InChI=1S/C19H19ClFN5/c1-3-12(2)23-19-25-17(13-6-8-22-9-7-13)11-18(26-19)24-14-4-5-16(21)15(20)10-14/h4-12H,3H2,1-2H3,(H2,23,24,25,26)/t12-/m0/s1. The highest BCUT2D eigenvalue weighted by Gasteiger charge is 2.10. The molecule has 0 saturated carbocycles. The SMILES string of the molecule is CC[C@H](C)Nc1nc(Nc2ccc(F)c(Cl)c2)cc(-c2ccncc2)n1. The van der Waals surface area contributed by atoms with Gasteiger partial charge in [-0.05, 0) is 43.7 Å². The summed E-state index contributed by atoms with van der Waals surface area (Å²) in [5, 5.41) is 6.49. The Morgan fingerprint density at radius 3 is 2.58 bits per heavy atom. The minimum absolute atomic E-state index is 0.0522. The van der Waals surface area contributed by atoms with E-state index in [1.54, 1.807) is 18.5 Å². The second-order valence-electron chi connectivity index (χ2n) is 5.91. The van der Waals surface area contributed by atoms with Gasteiger partial charge in [-0.15, -0.1) is 0 Å². The van der Waals surface area contributed by atoms with Crippen LogP contribution in [0.3, 0.4) is 0 Å². The van der Waals surface area contributed by atoms with Gasteiger partial charge in [-0.2, -0.15) is 4.98 Å². The number of pyridine rings is 1. The first-order chi connectivity index (χ1) is 12.5. The van der Waals surface area contributed by atoms with Crippen LogP contribution in [0.15, 0.2) is 48.8 Å².